The van der Waals surface area contributed by atoms with Crippen LogP contribution in [0.5, 0.6) is 5.75 Å². The molecule has 3 aliphatic heterocycles. The summed E-state index contributed by atoms with van der Waals surface area (Å²) in [5, 5.41) is 10.1. The van der Waals surface area contributed by atoms with E-state index in [1.54, 1.807) is 0 Å². The van der Waals surface area contributed by atoms with Crippen molar-refractivity contribution in [1.29, 1.82) is 0 Å². The van der Waals surface area contributed by atoms with Crippen molar-refractivity contribution >= 4 is 5.91 Å². The van der Waals surface area contributed by atoms with E-state index in [2.05, 4.69) is 11.8 Å². The van der Waals surface area contributed by atoms with Crippen molar-refractivity contribution in [3.63, 3.8) is 0 Å². The Balaban J connectivity index is 1.20. The van der Waals surface area contributed by atoms with Gasteiger partial charge < -0.3 is 19.5 Å². The predicted molar refractivity (Wildman–Crippen MR) is 116 cm³/mol. The second-order valence-electron chi connectivity index (χ2n) is 9.71. The lowest BCUT2D eigenvalue weighted by Gasteiger charge is -2.39. The molecule has 6 heteroatoms. The van der Waals surface area contributed by atoms with Gasteiger partial charge in [0.05, 0.1) is 18.8 Å². The van der Waals surface area contributed by atoms with E-state index in [1.807, 2.05) is 36.1 Å². The maximum atomic E-state index is 12.6. The van der Waals surface area contributed by atoms with E-state index in [0.29, 0.717) is 5.92 Å². The summed E-state index contributed by atoms with van der Waals surface area (Å²) in [5.41, 5.74) is 1.39. The molecule has 0 saturated carbocycles. The molecule has 0 unspecified atom stereocenters. The Labute approximate surface area is 180 Å². The van der Waals surface area contributed by atoms with Crippen LogP contribution in [-0.4, -0.2) is 79.0 Å². The average Bonchev–Trinajstić information content (AvgIpc) is 3.12. The summed E-state index contributed by atoms with van der Waals surface area (Å²) in [5.74, 6) is 1.21. The Hall–Kier alpha value is -1.63. The molecular formula is C24H36N2O4. The summed E-state index contributed by atoms with van der Waals surface area (Å²) in [6.45, 7) is 9.36. The second kappa shape index (κ2) is 9.25. The van der Waals surface area contributed by atoms with Gasteiger partial charge in [0.15, 0.2) is 6.61 Å². The number of amides is 1. The Kier molecular flexibility index (Phi) is 6.66. The zero-order valence-corrected chi connectivity index (χ0v) is 18.4. The van der Waals surface area contributed by atoms with E-state index in [-0.39, 0.29) is 30.1 Å². The normalized spacial score (nSPS) is 29.3. The van der Waals surface area contributed by atoms with Crippen LogP contribution in [0.1, 0.15) is 38.2 Å². The molecule has 166 valence electrons. The summed E-state index contributed by atoms with van der Waals surface area (Å²) in [6.07, 6.45) is 4.15. The first-order valence-corrected chi connectivity index (χ1v) is 11.4. The third-order valence-corrected chi connectivity index (χ3v) is 7.31. The Morgan fingerprint density at radius 3 is 2.67 bits per heavy atom. The number of nitrogens with zero attached hydrogens (tertiary/aromatic N) is 2. The van der Waals surface area contributed by atoms with E-state index in [0.717, 1.165) is 70.8 Å². The second-order valence-corrected chi connectivity index (χ2v) is 9.71. The molecule has 30 heavy (non-hydrogen) atoms. The largest absolute Gasteiger partial charge is 0.484 e. The maximum absolute atomic E-state index is 12.6. The van der Waals surface area contributed by atoms with Crippen LogP contribution in [0, 0.1) is 18.3 Å². The van der Waals surface area contributed by atoms with Gasteiger partial charge in [-0.3, -0.25) is 9.69 Å². The number of β-amino-alcohol motifs (C(OH)–C–C–N with tert-alkyl or cyclic N) is 1. The number of aliphatic hydroxyl groups excluding tert-OH is 1. The quantitative estimate of drug-likeness (QED) is 0.799. The van der Waals surface area contributed by atoms with Gasteiger partial charge in [0.25, 0.3) is 5.91 Å². The minimum atomic E-state index is -0.217. The molecule has 1 aromatic rings. The highest BCUT2D eigenvalue weighted by Crippen LogP contribution is 2.42. The van der Waals surface area contributed by atoms with Crippen molar-refractivity contribution in [2.24, 2.45) is 11.3 Å². The van der Waals surface area contributed by atoms with Crippen molar-refractivity contribution < 1.29 is 19.4 Å². The molecule has 3 fully saturated rings. The minimum absolute atomic E-state index is 0.0670. The van der Waals surface area contributed by atoms with Crippen LogP contribution in [0.4, 0.5) is 0 Å². The number of hydrogen-bond acceptors (Lipinski definition) is 5. The summed E-state index contributed by atoms with van der Waals surface area (Å²) in [7, 11) is 0. The summed E-state index contributed by atoms with van der Waals surface area (Å²) >= 11 is 0. The molecule has 0 bridgehead atoms. The molecule has 1 N–H and O–H groups in total. The van der Waals surface area contributed by atoms with Gasteiger partial charge in [0, 0.05) is 26.2 Å². The van der Waals surface area contributed by atoms with Crippen LogP contribution in [0.15, 0.2) is 24.3 Å². The van der Waals surface area contributed by atoms with Gasteiger partial charge in [0.1, 0.15) is 5.75 Å². The number of ether oxygens (including phenoxy) is 2. The standard InChI is InChI=1S/C24H36N2O4/c1-18-3-5-20(6-4-18)29-16-23(28)26-11-8-24(9-12-26)13-21(30-17-24)14-25-10-7-19(2)22(27)15-25/h3-6,19,21-22,27H,7-17H2,1-2H3/t19-,21+,22-/m1/s1. The van der Waals surface area contributed by atoms with Crippen molar-refractivity contribution in [2.75, 3.05) is 45.9 Å². The number of carbonyl (C=O) groups excluding carboxylic acids is 1. The molecule has 3 heterocycles. The fourth-order valence-electron chi connectivity index (χ4n) is 5.03. The molecular weight excluding hydrogens is 380 g/mol. The van der Waals surface area contributed by atoms with Gasteiger partial charge in [-0.15, -0.1) is 0 Å². The van der Waals surface area contributed by atoms with E-state index < -0.39 is 0 Å². The van der Waals surface area contributed by atoms with Crippen LogP contribution >= 0.6 is 0 Å². The van der Waals surface area contributed by atoms with E-state index >= 15 is 0 Å². The molecule has 3 atom stereocenters. The predicted octanol–water partition coefficient (Wildman–Crippen LogP) is 2.47. The highest BCUT2D eigenvalue weighted by atomic mass is 16.5. The van der Waals surface area contributed by atoms with E-state index in [1.165, 1.54) is 5.56 Å². The van der Waals surface area contributed by atoms with Crippen LogP contribution in [0.25, 0.3) is 0 Å². The zero-order valence-electron chi connectivity index (χ0n) is 18.4. The van der Waals surface area contributed by atoms with Gasteiger partial charge in [-0.1, -0.05) is 24.6 Å². The fraction of sp³-hybridized carbons (Fsp3) is 0.708. The highest BCUT2D eigenvalue weighted by molar-refractivity contribution is 5.77. The number of piperidine rings is 2. The first-order chi connectivity index (χ1) is 14.4. The molecule has 1 spiro atoms. The highest BCUT2D eigenvalue weighted by Gasteiger charge is 2.43. The fourth-order valence-corrected chi connectivity index (χ4v) is 5.03. The van der Waals surface area contributed by atoms with Gasteiger partial charge >= 0.3 is 0 Å². The van der Waals surface area contributed by atoms with Crippen LogP contribution in [0.3, 0.4) is 0 Å². The number of hydrogen-bond donors (Lipinski definition) is 1. The molecule has 1 aromatic carbocycles. The number of likely N-dealkylation sites (tertiary alicyclic amines) is 2. The van der Waals surface area contributed by atoms with Gasteiger partial charge in [0.2, 0.25) is 0 Å². The molecule has 0 radical (unpaired) electrons. The lowest BCUT2D eigenvalue weighted by atomic mass is 9.76. The van der Waals surface area contributed by atoms with Crippen LogP contribution in [-0.2, 0) is 9.53 Å². The summed E-state index contributed by atoms with van der Waals surface area (Å²) in [4.78, 5) is 16.9. The number of rotatable bonds is 5. The lowest BCUT2D eigenvalue weighted by molar-refractivity contribution is -0.135. The molecule has 3 saturated heterocycles. The van der Waals surface area contributed by atoms with Crippen molar-refractivity contribution in [2.45, 2.75) is 51.7 Å². The smallest absolute Gasteiger partial charge is 0.260 e. The summed E-state index contributed by atoms with van der Waals surface area (Å²) in [6, 6.07) is 7.80. The summed E-state index contributed by atoms with van der Waals surface area (Å²) < 4.78 is 11.8. The third kappa shape index (κ3) is 5.16. The first-order valence-electron chi connectivity index (χ1n) is 11.4. The minimum Gasteiger partial charge on any atom is -0.484 e. The Bertz CT molecular complexity index is 714. The maximum Gasteiger partial charge on any atom is 0.260 e. The molecule has 1 amide bonds. The van der Waals surface area contributed by atoms with Crippen LogP contribution in [0.2, 0.25) is 0 Å². The Morgan fingerprint density at radius 1 is 1.23 bits per heavy atom. The molecule has 0 aromatic heterocycles. The number of benzene rings is 1. The molecule has 3 aliphatic rings. The first kappa shape index (κ1) is 21.6. The molecule has 6 nitrogen and oxygen atoms in total. The Morgan fingerprint density at radius 2 is 1.97 bits per heavy atom. The van der Waals surface area contributed by atoms with Gasteiger partial charge in [-0.05, 0) is 62.6 Å². The van der Waals surface area contributed by atoms with Crippen LogP contribution < -0.4 is 4.74 Å². The average molecular weight is 417 g/mol. The van der Waals surface area contributed by atoms with Gasteiger partial charge in [-0.25, -0.2) is 0 Å². The molecule has 0 aliphatic carbocycles. The van der Waals surface area contributed by atoms with E-state index in [4.69, 9.17) is 9.47 Å². The van der Waals surface area contributed by atoms with Gasteiger partial charge in [-0.2, -0.15) is 0 Å². The topological polar surface area (TPSA) is 62.2 Å². The van der Waals surface area contributed by atoms with Crippen molar-refractivity contribution in [1.82, 2.24) is 9.80 Å². The SMILES string of the molecule is Cc1ccc(OCC(=O)N2CCC3(CC2)CO[C@H](CN2CC[C@@H](C)[C@H](O)C2)C3)cc1. The molecule has 4 rings (SSSR count). The number of aliphatic hydroxyl groups is 1. The lowest BCUT2D eigenvalue weighted by Crippen LogP contribution is -2.46. The van der Waals surface area contributed by atoms with Crippen molar-refractivity contribution in [3.8, 4) is 5.75 Å². The zero-order chi connectivity index (χ0) is 21.1. The number of carbonyl (C=O) groups is 1. The van der Waals surface area contributed by atoms with E-state index in [9.17, 15) is 9.90 Å². The number of aryl methyl sites for hydroxylation is 1. The van der Waals surface area contributed by atoms with Crippen molar-refractivity contribution in [3.05, 3.63) is 29.8 Å². The monoisotopic (exact) mass is 416 g/mol. The third-order valence-electron chi connectivity index (χ3n) is 7.31.